The third kappa shape index (κ3) is 2.98. The van der Waals surface area contributed by atoms with Gasteiger partial charge in [-0.15, -0.1) is 0 Å². The molecule has 4 heterocycles. The highest BCUT2D eigenvalue weighted by Gasteiger charge is 2.75. The lowest BCUT2D eigenvalue weighted by molar-refractivity contribution is -0.161. The van der Waals surface area contributed by atoms with E-state index < -0.39 is 46.6 Å². The molecular formula is C23H32N2O6. The minimum absolute atomic E-state index is 0.121. The third-order valence-corrected chi connectivity index (χ3v) is 7.14. The molecule has 0 aromatic heterocycles. The summed E-state index contributed by atoms with van der Waals surface area (Å²) in [5.74, 6) is -2.86. The van der Waals surface area contributed by atoms with Crippen molar-refractivity contribution in [2.45, 2.75) is 69.9 Å². The largest absolute Gasteiger partial charge is 0.461 e. The van der Waals surface area contributed by atoms with Crippen molar-refractivity contribution in [1.29, 1.82) is 0 Å². The van der Waals surface area contributed by atoms with Gasteiger partial charge in [0.1, 0.15) is 24.2 Å². The third-order valence-electron chi connectivity index (χ3n) is 7.14. The van der Waals surface area contributed by atoms with E-state index in [0.717, 1.165) is 0 Å². The van der Waals surface area contributed by atoms with Crippen molar-refractivity contribution in [3.05, 3.63) is 24.3 Å². The van der Waals surface area contributed by atoms with Crippen molar-refractivity contribution < 1.29 is 29.0 Å². The first kappa shape index (κ1) is 22.0. The zero-order valence-corrected chi connectivity index (χ0v) is 18.8. The number of rotatable bonds is 3. The van der Waals surface area contributed by atoms with Gasteiger partial charge in [-0.3, -0.25) is 14.4 Å². The average Bonchev–Trinajstić information content (AvgIpc) is 2.93. The molecule has 0 radical (unpaired) electrons. The fraction of sp³-hybridized carbons (Fsp3) is 0.696. The summed E-state index contributed by atoms with van der Waals surface area (Å²) < 4.78 is 12.0. The normalized spacial score (nSPS) is 38.4. The van der Waals surface area contributed by atoms with Crippen LogP contribution in [0.4, 0.5) is 0 Å². The number of esters is 1. The number of amides is 2. The predicted molar refractivity (Wildman–Crippen MR) is 112 cm³/mol. The van der Waals surface area contributed by atoms with Crippen LogP contribution < -0.4 is 0 Å². The number of aliphatic hydroxyl groups is 1. The first-order valence-electron chi connectivity index (χ1n) is 11.0. The maximum Gasteiger partial charge on any atom is 0.313 e. The summed E-state index contributed by atoms with van der Waals surface area (Å²) in [5, 5.41) is 10.0. The Morgan fingerprint density at radius 3 is 2.48 bits per heavy atom. The van der Waals surface area contributed by atoms with Crippen LogP contribution >= 0.6 is 0 Å². The van der Waals surface area contributed by atoms with Crippen molar-refractivity contribution in [2.24, 2.45) is 11.8 Å². The van der Waals surface area contributed by atoms with E-state index in [-0.39, 0.29) is 25.0 Å². The van der Waals surface area contributed by atoms with E-state index in [9.17, 15) is 19.5 Å². The quantitative estimate of drug-likeness (QED) is 0.529. The molecule has 2 saturated heterocycles. The van der Waals surface area contributed by atoms with Gasteiger partial charge in [0.2, 0.25) is 11.8 Å². The molecule has 2 amide bonds. The smallest absolute Gasteiger partial charge is 0.313 e. The van der Waals surface area contributed by atoms with E-state index in [1.165, 1.54) is 4.90 Å². The van der Waals surface area contributed by atoms with Crippen LogP contribution in [0, 0.1) is 11.8 Å². The second kappa shape index (κ2) is 7.17. The molecule has 8 nitrogen and oxygen atoms in total. The molecule has 31 heavy (non-hydrogen) atoms. The molecule has 0 aromatic rings. The highest BCUT2D eigenvalue weighted by molar-refractivity contribution is 5.99. The fourth-order valence-corrected chi connectivity index (χ4v) is 5.71. The minimum Gasteiger partial charge on any atom is -0.461 e. The fourth-order valence-electron chi connectivity index (χ4n) is 5.71. The Labute approximate surface area is 182 Å². The van der Waals surface area contributed by atoms with Crippen LogP contribution in [0.5, 0.6) is 0 Å². The average molecular weight is 433 g/mol. The Morgan fingerprint density at radius 1 is 1.16 bits per heavy atom. The monoisotopic (exact) mass is 432 g/mol. The maximum absolute atomic E-state index is 14.0. The lowest BCUT2D eigenvalue weighted by atomic mass is 9.74. The first-order chi connectivity index (χ1) is 14.5. The van der Waals surface area contributed by atoms with Gasteiger partial charge in [0.05, 0.1) is 24.2 Å². The second-order valence-corrected chi connectivity index (χ2v) is 10.0. The van der Waals surface area contributed by atoms with Gasteiger partial charge in [-0.25, -0.2) is 0 Å². The first-order valence-corrected chi connectivity index (χ1v) is 11.0. The van der Waals surface area contributed by atoms with E-state index in [1.807, 2.05) is 33.8 Å². The maximum atomic E-state index is 14.0. The lowest BCUT2D eigenvalue weighted by Gasteiger charge is -2.42. The number of aliphatic hydroxyl groups excluding tert-OH is 1. The van der Waals surface area contributed by atoms with E-state index in [4.69, 9.17) is 9.47 Å². The van der Waals surface area contributed by atoms with Crippen LogP contribution in [0.25, 0.3) is 0 Å². The summed E-state index contributed by atoms with van der Waals surface area (Å²) in [6.45, 7) is 9.68. The summed E-state index contributed by atoms with van der Waals surface area (Å²) in [6, 6.07) is -1.52. The van der Waals surface area contributed by atoms with Crippen LogP contribution in [0.3, 0.4) is 0 Å². The molecule has 0 aromatic carbocycles. The molecule has 2 fully saturated rings. The molecule has 0 aliphatic carbocycles. The Morgan fingerprint density at radius 2 is 1.87 bits per heavy atom. The van der Waals surface area contributed by atoms with Crippen LogP contribution in [0.2, 0.25) is 0 Å². The molecule has 0 bridgehead atoms. The molecular weight excluding hydrogens is 400 g/mol. The number of fused-ring (bicyclic) bond motifs is 2. The van der Waals surface area contributed by atoms with E-state index in [2.05, 4.69) is 0 Å². The number of nitrogens with zero attached hydrogens (tertiary/aromatic N) is 2. The number of likely N-dealkylation sites (tertiary alicyclic amines) is 1. The van der Waals surface area contributed by atoms with E-state index in [1.54, 1.807) is 30.1 Å². The highest BCUT2D eigenvalue weighted by Crippen LogP contribution is 2.57. The zero-order valence-electron chi connectivity index (χ0n) is 18.8. The molecule has 4 aliphatic rings. The van der Waals surface area contributed by atoms with Gasteiger partial charge in [0.15, 0.2) is 0 Å². The molecule has 6 atom stereocenters. The Kier molecular flexibility index (Phi) is 5.09. The number of ether oxygens (including phenoxy) is 2. The summed E-state index contributed by atoms with van der Waals surface area (Å²) in [6.07, 6.45) is 7.63. The van der Waals surface area contributed by atoms with Gasteiger partial charge in [-0.2, -0.15) is 0 Å². The molecule has 1 spiro atoms. The van der Waals surface area contributed by atoms with E-state index >= 15 is 0 Å². The van der Waals surface area contributed by atoms with Gasteiger partial charge in [-0.05, 0) is 40.2 Å². The van der Waals surface area contributed by atoms with Gasteiger partial charge in [0, 0.05) is 12.1 Å². The molecule has 4 aliphatic heterocycles. The molecule has 4 rings (SSSR count). The second-order valence-electron chi connectivity index (χ2n) is 10.0. The van der Waals surface area contributed by atoms with Crippen molar-refractivity contribution in [3.63, 3.8) is 0 Å². The highest BCUT2D eigenvalue weighted by atomic mass is 16.6. The van der Waals surface area contributed by atoms with Crippen LogP contribution in [0.1, 0.15) is 41.0 Å². The predicted octanol–water partition coefficient (Wildman–Crippen LogP) is 1.04. The molecule has 1 N–H and O–H groups in total. The number of carbonyl (C=O) groups excluding carboxylic acids is 3. The summed E-state index contributed by atoms with van der Waals surface area (Å²) in [5.41, 5.74) is -2.86. The van der Waals surface area contributed by atoms with Crippen molar-refractivity contribution in [3.8, 4) is 0 Å². The summed E-state index contributed by atoms with van der Waals surface area (Å²) >= 11 is 0. The summed E-state index contributed by atoms with van der Waals surface area (Å²) in [7, 11) is 0. The Bertz CT molecular complexity index is 857. The van der Waals surface area contributed by atoms with Crippen molar-refractivity contribution in [1.82, 2.24) is 9.80 Å². The number of carbonyl (C=O) groups is 3. The van der Waals surface area contributed by atoms with Gasteiger partial charge < -0.3 is 24.4 Å². The van der Waals surface area contributed by atoms with Gasteiger partial charge in [0.25, 0.3) is 0 Å². The molecule has 0 saturated carbocycles. The number of hydrogen-bond donors (Lipinski definition) is 1. The SMILES string of the molecule is CC[C@@H](CO)N1C(=O)[C@@H]2[C@@H]3C(=O)OCC=C[C@]3(C)O[C@@]23C=CCN(C(C)(C)C)C(=O)C13. The van der Waals surface area contributed by atoms with Crippen LogP contribution in [0.15, 0.2) is 24.3 Å². The van der Waals surface area contributed by atoms with Crippen LogP contribution in [-0.2, 0) is 23.9 Å². The van der Waals surface area contributed by atoms with E-state index in [0.29, 0.717) is 13.0 Å². The van der Waals surface area contributed by atoms with Gasteiger partial charge >= 0.3 is 5.97 Å². The Balaban J connectivity index is 1.93. The van der Waals surface area contributed by atoms with Crippen molar-refractivity contribution >= 4 is 17.8 Å². The zero-order chi connectivity index (χ0) is 22.8. The molecule has 170 valence electrons. The number of cyclic esters (lactones) is 1. The minimum atomic E-state index is -1.31. The lowest BCUT2D eigenvalue weighted by Crippen LogP contribution is -2.61. The topological polar surface area (TPSA) is 96.4 Å². The van der Waals surface area contributed by atoms with Crippen LogP contribution in [-0.4, -0.2) is 81.3 Å². The Hall–Kier alpha value is -2.19. The molecule has 8 heteroatoms. The number of hydrogen-bond acceptors (Lipinski definition) is 6. The van der Waals surface area contributed by atoms with Gasteiger partial charge in [-0.1, -0.05) is 25.2 Å². The standard InChI is InChI=1S/C23H32N2O6/c1-6-14(13-26)25-17-19(28)24(21(2,3)4)11-7-10-23(17)15(18(25)27)16-20(29)30-12-8-9-22(16,5)31-23/h7-10,14-17,26H,6,11-13H2,1-5H3/t14-,15-,16+,17?,22-,23-/m0/s1. The summed E-state index contributed by atoms with van der Waals surface area (Å²) in [4.78, 5) is 44.0. The molecule has 1 unspecified atom stereocenters. The van der Waals surface area contributed by atoms with Crippen molar-refractivity contribution in [2.75, 3.05) is 19.8 Å².